The predicted octanol–water partition coefficient (Wildman–Crippen LogP) is 4.62. The molecule has 1 aromatic carbocycles. The molecule has 0 aliphatic heterocycles. The summed E-state index contributed by atoms with van der Waals surface area (Å²) >= 11 is 2.83. The minimum Gasteiger partial charge on any atom is -0.296 e. The van der Waals surface area contributed by atoms with Gasteiger partial charge in [0.1, 0.15) is 9.84 Å². The average molecular weight is 384 g/mol. The molecule has 0 spiro atoms. The van der Waals surface area contributed by atoms with Crippen molar-refractivity contribution in [3.8, 4) is 5.69 Å². The molecule has 8 heteroatoms. The molecule has 0 atom stereocenters. The maximum absolute atomic E-state index is 12.6. The summed E-state index contributed by atoms with van der Waals surface area (Å²) in [4.78, 5) is 14.2. The second-order valence-electron chi connectivity index (χ2n) is 6.22. The van der Waals surface area contributed by atoms with Crippen molar-refractivity contribution in [3.05, 3.63) is 52.0 Å². The number of carbonyl (C=O) groups is 1. The van der Waals surface area contributed by atoms with Crippen LogP contribution in [0.1, 0.15) is 40.1 Å². The van der Waals surface area contributed by atoms with E-state index in [4.69, 9.17) is 0 Å². The zero-order chi connectivity index (χ0) is 18.3. The van der Waals surface area contributed by atoms with Crippen LogP contribution in [0.25, 0.3) is 15.9 Å². The average Bonchev–Trinajstić information content (AvgIpc) is 3.32. The van der Waals surface area contributed by atoms with Crippen molar-refractivity contribution in [3.63, 3.8) is 0 Å². The van der Waals surface area contributed by atoms with E-state index in [-0.39, 0.29) is 5.91 Å². The topological polar surface area (TPSA) is 72.7 Å². The van der Waals surface area contributed by atoms with E-state index in [0.717, 1.165) is 26.6 Å². The van der Waals surface area contributed by atoms with Crippen molar-refractivity contribution in [1.82, 2.24) is 20.0 Å². The van der Waals surface area contributed by atoms with Crippen LogP contribution in [0.4, 0.5) is 5.13 Å². The number of aromatic nitrogens is 4. The largest absolute Gasteiger partial charge is 0.296 e. The Labute approximate surface area is 158 Å². The molecule has 0 saturated carbocycles. The number of nitrogens with one attached hydrogen (secondary N) is 1. The molecule has 132 valence electrons. The summed E-state index contributed by atoms with van der Waals surface area (Å²) in [5.74, 6) is 0.124. The third kappa shape index (κ3) is 3.02. The van der Waals surface area contributed by atoms with Crippen LogP contribution in [0.2, 0.25) is 0 Å². The Bertz CT molecular complexity index is 1080. The summed E-state index contributed by atoms with van der Waals surface area (Å²) in [6.07, 6.45) is 0. The van der Waals surface area contributed by atoms with E-state index < -0.39 is 0 Å². The first-order chi connectivity index (χ1) is 12.5. The third-order valence-corrected chi connectivity index (χ3v) is 6.17. The lowest BCUT2D eigenvalue weighted by molar-refractivity contribution is 0.103. The Morgan fingerprint density at radius 3 is 2.62 bits per heavy atom. The van der Waals surface area contributed by atoms with Crippen molar-refractivity contribution in [1.29, 1.82) is 0 Å². The van der Waals surface area contributed by atoms with Crippen LogP contribution in [-0.2, 0) is 0 Å². The van der Waals surface area contributed by atoms with Gasteiger partial charge in [-0.05, 0) is 25.1 Å². The molecule has 1 N–H and O–H groups in total. The highest BCUT2D eigenvalue weighted by Crippen LogP contribution is 2.31. The highest BCUT2D eigenvalue weighted by molar-refractivity contribution is 7.20. The Kier molecular flexibility index (Phi) is 4.29. The molecule has 0 unspecified atom stereocenters. The number of anilines is 1. The molecule has 3 aromatic heterocycles. The standard InChI is InChI=1S/C18H17N5OS2/c1-10(2)16-20-21-18(26-16)19-15(24)14-9-13-11(3)22-23(17(13)25-14)12-7-5-4-6-8-12/h4-10H,1-3H3,(H,19,21,24). The van der Waals surface area contributed by atoms with Crippen LogP contribution in [0.5, 0.6) is 0 Å². The zero-order valence-electron chi connectivity index (χ0n) is 14.6. The molecule has 0 aliphatic rings. The van der Waals surface area contributed by atoms with E-state index >= 15 is 0 Å². The summed E-state index contributed by atoms with van der Waals surface area (Å²) in [6.45, 7) is 6.06. The summed E-state index contributed by atoms with van der Waals surface area (Å²) in [5, 5.41) is 18.0. The van der Waals surface area contributed by atoms with Crippen molar-refractivity contribution in [2.24, 2.45) is 0 Å². The van der Waals surface area contributed by atoms with E-state index in [2.05, 4.69) is 34.5 Å². The third-order valence-electron chi connectivity index (χ3n) is 3.92. The second kappa shape index (κ2) is 6.62. The monoisotopic (exact) mass is 383 g/mol. The lowest BCUT2D eigenvalue weighted by Crippen LogP contribution is -2.09. The van der Waals surface area contributed by atoms with E-state index in [1.54, 1.807) is 0 Å². The Balaban J connectivity index is 1.65. The van der Waals surface area contributed by atoms with Crippen LogP contribution in [0, 0.1) is 6.92 Å². The van der Waals surface area contributed by atoms with Gasteiger partial charge in [0.2, 0.25) is 5.13 Å². The molecule has 0 aliphatic carbocycles. The van der Waals surface area contributed by atoms with Gasteiger partial charge in [0.15, 0.2) is 0 Å². The molecular formula is C18H17N5OS2. The number of benzene rings is 1. The van der Waals surface area contributed by atoms with Gasteiger partial charge in [0.05, 0.1) is 16.3 Å². The molecule has 26 heavy (non-hydrogen) atoms. The first kappa shape index (κ1) is 16.9. The minimum absolute atomic E-state index is 0.170. The predicted molar refractivity (Wildman–Crippen MR) is 106 cm³/mol. The molecule has 0 fully saturated rings. The van der Waals surface area contributed by atoms with Crippen molar-refractivity contribution >= 4 is 43.9 Å². The fourth-order valence-corrected chi connectivity index (χ4v) is 4.40. The van der Waals surface area contributed by atoms with Gasteiger partial charge in [-0.2, -0.15) is 5.10 Å². The number of hydrogen-bond acceptors (Lipinski definition) is 6. The fourth-order valence-electron chi connectivity index (χ4n) is 2.58. The number of thiophene rings is 1. The molecule has 4 aromatic rings. The van der Waals surface area contributed by atoms with Crippen molar-refractivity contribution < 1.29 is 4.79 Å². The summed E-state index contributed by atoms with van der Waals surface area (Å²) < 4.78 is 1.88. The molecular weight excluding hydrogens is 366 g/mol. The molecule has 6 nitrogen and oxygen atoms in total. The van der Waals surface area contributed by atoms with Crippen LogP contribution in [0.3, 0.4) is 0 Å². The molecule has 3 heterocycles. The van der Waals surface area contributed by atoms with E-state index in [9.17, 15) is 4.79 Å². The summed E-state index contributed by atoms with van der Waals surface area (Å²) in [5.41, 5.74) is 1.88. The number of aryl methyl sites for hydroxylation is 1. The number of amides is 1. The van der Waals surface area contributed by atoms with Crippen molar-refractivity contribution in [2.75, 3.05) is 5.32 Å². The van der Waals surface area contributed by atoms with Crippen LogP contribution < -0.4 is 5.32 Å². The Morgan fingerprint density at radius 2 is 1.92 bits per heavy atom. The normalized spacial score (nSPS) is 11.4. The first-order valence-corrected chi connectivity index (χ1v) is 9.85. The highest BCUT2D eigenvalue weighted by Gasteiger charge is 2.18. The Hall–Kier alpha value is -2.58. The molecule has 1 amide bonds. The van der Waals surface area contributed by atoms with Gasteiger partial charge in [-0.15, -0.1) is 21.5 Å². The van der Waals surface area contributed by atoms with E-state index in [0.29, 0.717) is 15.9 Å². The van der Waals surface area contributed by atoms with Gasteiger partial charge in [0.25, 0.3) is 5.91 Å². The van der Waals surface area contributed by atoms with E-state index in [1.165, 1.54) is 22.7 Å². The number of nitrogens with zero attached hydrogens (tertiary/aromatic N) is 4. The SMILES string of the molecule is Cc1nn(-c2ccccc2)c2sc(C(=O)Nc3nnc(C(C)C)s3)cc12. The van der Waals surface area contributed by atoms with Gasteiger partial charge < -0.3 is 0 Å². The van der Waals surface area contributed by atoms with Gasteiger partial charge in [-0.3, -0.25) is 10.1 Å². The number of para-hydroxylation sites is 1. The summed E-state index contributed by atoms with van der Waals surface area (Å²) in [7, 11) is 0. The van der Waals surface area contributed by atoms with Gasteiger partial charge >= 0.3 is 0 Å². The number of carbonyl (C=O) groups excluding carboxylic acids is 1. The molecule has 4 rings (SSSR count). The van der Waals surface area contributed by atoms with Crippen molar-refractivity contribution in [2.45, 2.75) is 26.7 Å². The smallest absolute Gasteiger partial charge is 0.267 e. The van der Waals surface area contributed by atoms with Gasteiger partial charge in [-0.1, -0.05) is 43.4 Å². The fraction of sp³-hybridized carbons (Fsp3) is 0.222. The lowest BCUT2D eigenvalue weighted by Gasteiger charge is -2.01. The van der Waals surface area contributed by atoms with Gasteiger partial charge in [-0.25, -0.2) is 4.68 Å². The molecule has 0 bridgehead atoms. The van der Waals surface area contributed by atoms with Crippen LogP contribution in [-0.4, -0.2) is 25.9 Å². The zero-order valence-corrected chi connectivity index (χ0v) is 16.2. The van der Waals surface area contributed by atoms with Crippen LogP contribution in [0.15, 0.2) is 36.4 Å². The van der Waals surface area contributed by atoms with E-state index in [1.807, 2.05) is 48.0 Å². The maximum Gasteiger partial charge on any atom is 0.267 e. The Morgan fingerprint density at radius 1 is 1.15 bits per heavy atom. The van der Waals surface area contributed by atoms with Crippen LogP contribution >= 0.6 is 22.7 Å². The molecule has 0 saturated heterocycles. The number of fused-ring (bicyclic) bond motifs is 1. The lowest BCUT2D eigenvalue weighted by atomic mass is 10.2. The minimum atomic E-state index is -0.170. The number of hydrogen-bond donors (Lipinski definition) is 1. The quantitative estimate of drug-likeness (QED) is 0.558. The maximum atomic E-state index is 12.6. The summed E-state index contributed by atoms with van der Waals surface area (Å²) in [6, 6.07) is 11.8. The number of rotatable bonds is 4. The highest BCUT2D eigenvalue weighted by atomic mass is 32.1. The molecule has 0 radical (unpaired) electrons. The first-order valence-electron chi connectivity index (χ1n) is 8.22. The van der Waals surface area contributed by atoms with Gasteiger partial charge in [0, 0.05) is 11.3 Å². The second-order valence-corrected chi connectivity index (χ2v) is 8.26.